The molecule has 1 heterocycles. The summed E-state index contributed by atoms with van der Waals surface area (Å²) in [6, 6.07) is 4.88. The first-order valence-corrected chi connectivity index (χ1v) is 6.59. The van der Waals surface area contributed by atoms with Crippen molar-refractivity contribution in [1.29, 1.82) is 0 Å². The lowest BCUT2D eigenvalue weighted by molar-refractivity contribution is -0.140. The Hall–Kier alpha value is -1.55. The molecule has 1 unspecified atom stereocenters. The van der Waals surface area contributed by atoms with Crippen molar-refractivity contribution in [3.05, 3.63) is 28.8 Å². The summed E-state index contributed by atoms with van der Waals surface area (Å²) in [5.41, 5.74) is 0.459. The van der Waals surface area contributed by atoms with Crippen LogP contribution in [0, 0.1) is 0 Å². The Kier molecular flexibility index (Phi) is 4.10. The number of Topliss-reactive ketones (excluding diaryl/α,β-unsaturated/α-hetero) is 1. The Labute approximate surface area is 117 Å². The van der Waals surface area contributed by atoms with E-state index >= 15 is 0 Å². The number of benzene rings is 1. The fourth-order valence-electron chi connectivity index (χ4n) is 2.12. The van der Waals surface area contributed by atoms with E-state index in [1.54, 1.807) is 30.1 Å². The summed E-state index contributed by atoms with van der Waals surface area (Å²) < 4.78 is 5.67. The molecule has 1 saturated heterocycles. The van der Waals surface area contributed by atoms with Gasteiger partial charge in [-0.2, -0.15) is 0 Å². The van der Waals surface area contributed by atoms with Gasteiger partial charge in [-0.1, -0.05) is 11.6 Å². The maximum atomic E-state index is 11.9. The van der Waals surface area contributed by atoms with Gasteiger partial charge in [-0.05, 0) is 38.0 Å². The molecule has 1 aromatic carbocycles. The lowest BCUT2D eigenvalue weighted by atomic mass is 10.1. The number of ether oxygens (including phenoxy) is 1. The number of halogens is 1. The van der Waals surface area contributed by atoms with Gasteiger partial charge >= 0.3 is 0 Å². The maximum absolute atomic E-state index is 11.9. The molecule has 0 saturated carbocycles. The zero-order chi connectivity index (χ0) is 14.0. The molecule has 0 N–H and O–H groups in total. The van der Waals surface area contributed by atoms with Gasteiger partial charge < -0.3 is 9.64 Å². The number of carbonyl (C=O) groups excluding carboxylic acids is 2. The van der Waals surface area contributed by atoms with Crippen molar-refractivity contribution in [3.8, 4) is 5.75 Å². The second kappa shape index (κ2) is 5.61. The highest BCUT2D eigenvalue weighted by molar-refractivity contribution is 6.34. The zero-order valence-electron chi connectivity index (χ0n) is 11.0. The summed E-state index contributed by atoms with van der Waals surface area (Å²) in [5.74, 6) is 0.409. The third-order valence-electron chi connectivity index (χ3n) is 3.21. The number of hydrogen-bond acceptors (Lipinski definition) is 3. The third-order valence-corrected chi connectivity index (χ3v) is 3.52. The number of likely N-dealkylation sites (N-methyl/N-ethyl adjacent to an activating group) is 1. The highest BCUT2D eigenvalue weighted by Gasteiger charge is 2.28. The Morgan fingerprint density at radius 3 is 2.84 bits per heavy atom. The smallest absolute Gasteiger partial charge is 0.263 e. The molecule has 0 aromatic heterocycles. The molecule has 1 atom stereocenters. The van der Waals surface area contributed by atoms with Gasteiger partial charge in [0.15, 0.2) is 11.9 Å². The number of ketones is 1. The number of likely N-dealkylation sites (tertiary alicyclic amines) is 1. The lowest BCUT2D eigenvalue weighted by Crippen LogP contribution is -2.44. The first-order valence-electron chi connectivity index (χ1n) is 6.21. The number of hydrogen-bond donors (Lipinski definition) is 0. The molecular weight excluding hydrogens is 266 g/mol. The molecule has 1 aromatic rings. The van der Waals surface area contributed by atoms with Crippen LogP contribution in [0.5, 0.6) is 5.75 Å². The monoisotopic (exact) mass is 281 g/mol. The maximum Gasteiger partial charge on any atom is 0.263 e. The SMILES string of the molecule is CC(=O)c1ccc(OC2CCCN(C)C2=O)cc1Cl. The Morgan fingerprint density at radius 2 is 2.21 bits per heavy atom. The van der Waals surface area contributed by atoms with Gasteiger partial charge in [0.1, 0.15) is 5.75 Å². The molecular formula is C14H16ClNO3. The van der Waals surface area contributed by atoms with Gasteiger partial charge in [-0.3, -0.25) is 9.59 Å². The fourth-order valence-corrected chi connectivity index (χ4v) is 2.43. The van der Waals surface area contributed by atoms with Crippen molar-refractivity contribution in [2.45, 2.75) is 25.9 Å². The van der Waals surface area contributed by atoms with Crippen LogP contribution in [0.4, 0.5) is 0 Å². The van der Waals surface area contributed by atoms with E-state index in [9.17, 15) is 9.59 Å². The van der Waals surface area contributed by atoms with Crippen LogP contribution in [-0.2, 0) is 4.79 Å². The van der Waals surface area contributed by atoms with Crippen LogP contribution in [0.25, 0.3) is 0 Å². The molecule has 0 aliphatic carbocycles. The molecule has 19 heavy (non-hydrogen) atoms. The molecule has 4 nitrogen and oxygen atoms in total. The van der Waals surface area contributed by atoms with Crippen LogP contribution in [-0.4, -0.2) is 36.3 Å². The van der Waals surface area contributed by atoms with Crippen LogP contribution in [0.1, 0.15) is 30.1 Å². The number of carbonyl (C=O) groups is 2. The molecule has 1 aliphatic heterocycles. The van der Waals surface area contributed by atoms with E-state index in [1.165, 1.54) is 6.92 Å². The Balaban J connectivity index is 2.13. The van der Waals surface area contributed by atoms with Gasteiger partial charge in [0.2, 0.25) is 0 Å². The second-order valence-corrected chi connectivity index (χ2v) is 5.11. The first-order chi connectivity index (χ1) is 8.99. The average molecular weight is 282 g/mol. The minimum absolute atomic E-state index is 0.0157. The van der Waals surface area contributed by atoms with Crippen molar-refractivity contribution in [2.75, 3.05) is 13.6 Å². The quantitative estimate of drug-likeness (QED) is 0.800. The van der Waals surface area contributed by atoms with Gasteiger partial charge in [-0.15, -0.1) is 0 Å². The van der Waals surface area contributed by atoms with E-state index in [4.69, 9.17) is 16.3 Å². The number of nitrogens with zero attached hydrogens (tertiary/aromatic N) is 1. The molecule has 1 aliphatic rings. The van der Waals surface area contributed by atoms with E-state index in [1.807, 2.05) is 0 Å². The summed E-state index contributed by atoms with van der Waals surface area (Å²) in [6.45, 7) is 2.23. The number of amides is 1. The van der Waals surface area contributed by atoms with Gasteiger partial charge in [0, 0.05) is 19.2 Å². The summed E-state index contributed by atoms with van der Waals surface area (Å²) in [6.07, 6.45) is 1.17. The van der Waals surface area contributed by atoms with Gasteiger partial charge in [0.05, 0.1) is 5.02 Å². The van der Waals surface area contributed by atoms with Gasteiger partial charge in [-0.25, -0.2) is 0 Å². The molecule has 102 valence electrons. The zero-order valence-corrected chi connectivity index (χ0v) is 11.7. The van der Waals surface area contributed by atoms with Crippen LogP contribution >= 0.6 is 11.6 Å². The average Bonchev–Trinajstić information content (AvgIpc) is 2.34. The third kappa shape index (κ3) is 3.07. The summed E-state index contributed by atoms with van der Waals surface area (Å²) in [7, 11) is 1.77. The van der Waals surface area contributed by atoms with E-state index in [0.717, 1.165) is 13.0 Å². The second-order valence-electron chi connectivity index (χ2n) is 4.71. The largest absolute Gasteiger partial charge is 0.481 e. The molecule has 1 fully saturated rings. The number of piperidine rings is 1. The van der Waals surface area contributed by atoms with Crippen LogP contribution in [0.3, 0.4) is 0 Å². The van der Waals surface area contributed by atoms with E-state index in [0.29, 0.717) is 22.8 Å². The van der Waals surface area contributed by atoms with Crippen LogP contribution in [0.15, 0.2) is 18.2 Å². The molecule has 0 bridgehead atoms. The fraction of sp³-hybridized carbons (Fsp3) is 0.429. The topological polar surface area (TPSA) is 46.6 Å². The van der Waals surface area contributed by atoms with E-state index < -0.39 is 6.10 Å². The van der Waals surface area contributed by atoms with Crippen molar-refractivity contribution < 1.29 is 14.3 Å². The molecule has 5 heteroatoms. The highest BCUT2D eigenvalue weighted by Crippen LogP contribution is 2.25. The molecule has 2 rings (SSSR count). The van der Waals surface area contributed by atoms with E-state index in [2.05, 4.69) is 0 Å². The first kappa shape index (κ1) is 13.9. The Morgan fingerprint density at radius 1 is 1.47 bits per heavy atom. The predicted octanol–water partition coefficient (Wildman–Crippen LogP) is 2.54. The normalized spacial score (nSPS) is 19.4. The van der Waals surface area contributed by atoms with E-state index in [-0.39, 0.29) is 11.7 Å². The van der Waals surface area contributed by atoms with Gasteiger partial charge in [0.25, 0.3) is 5.91 Å². The van der Waals surface area contributed by atoms with Crippen molar-refractivity contribution in [3.63, 3.8) is 0 Å². The summed E-state index contributed by atoms with van der Waals surface area (Å²) >= 11 is 6.01. The predicted molar refractivity (Wildman–Crippen MR) is 72.7 cm³/mol. The summed E-state index contributed by atoms with van der Waals surface area (Å²) in [5, 5.41) is 0.349. The Bertz CT molecular complexity index is 515. The minimum atomic E-state index is -0.460. The number of rotatable bonds is 3. The van der Waals surface area contributed by atoms with Crippen molar-refractivity contribution >= 4 is 23.3 Å². The highest BCUT2D eigenvalue weighted by atomic mass is 35.5. The van der Waals surface area contributed by atoms with Crippen molar-refractivity contribution in [1.82, 2.24) is 4.90 Å². The van der Waals surface area contributed by atoms with Crippen LogP contribution in [0.2, 0.25) is 5.02 Å². The van der Waals surface area contributed by atoms with Crippen LogP contribution < -0.4 is 4.74 Å². The standard InChI is InChI=1S/C14H16ClNO3/c1-9(17)11-6-5-10(8-12(11)15)19-13-4-3-7-16(2)14(13)18/h5-6,8,13H,3-4,7H2,1-2H3. The molecule has 0 spiro atoms. The lowest BCUT2D eigenvalue weighted by Gasteiger charge is -2.29. The van der Waals surface area contributed by atoms with Crippen molar-refractivity contribution in [2.24, 2.45) is 0 Å². The molecule has 0 radical (unpaired) electrons. The molecule has 1 amide bonds. The summed E-state index contributed by atoms with van der Waals surface area (Å²) in [4.78, 5) is 24.8. The minimum Gasteiger partial charge on any atom is -0.481 e.